The summed E-state index contributed by atoms with van der Waals surface area (Å²) >= 11 is 0. The first-order valence-electron chi connectivity index (χ1n) is 21.2. The SMILES string of the molecule is [2H]C([2H])(Oc1nc(N2CCCC[C@H]3[C@H](F)[C@H]32)c2cnc(-c3cc(O)cc4ccc(F)c(C#C[Si](C(C)C)(C(C)C)C(C)C)c34)c(C)c2n1)[C@@]12CCCN1C[C@H](F)C2. The maximum Gasteiger partial charge on any atom is 0.319 e. The van der Waals surface area contributed by atoms with Crippen molar-refractivity contribution in [2.45, 2.75) is 128 Å². The molecule has 2 aromatic heterocycles. The van der Waals surface area contributed by atoms with Crippen LogP contribution >= 0.6 is 0 Å². The van der Waals surface area contributed by atoms with Crippen LogP contribution in [-0.4, -0.2) is 83.1 Å². The second-order valence-corrected chi connectivity index (χ2v) is 22.9. The maximum atomic E-state index is 16.2. The molecule has 55 heavy (non-hydrogen) atoms. The van der Waals surface area contributed by atoms with E-state index in [0.717, 1.165) is 25.7 Å². The van der Waals surface area contributed by atoms with Crippen LogP contribution in [0.15, 0.2) is 30.5 Å². The lowest BCUT2D eigenvalue weighted by Crippen LogP contribution is -2.43. The summed E-state index contributed by atoms with van der Waals surface area (Å²) in [6.07, 6.45) is 3.13. The number of alkyl halides is 2. The molecule has 3 saturated heterocycles. The average Bonchev–Trinajstić information content (AvgIpc) is 3.50. The molecular formula is C44H54F3N5O2Si. The number of nitrogens with zero attached hydrogens (tertiary/aromatic N) is 5. The number of anilines is 1. The normalized spacial score (nSPS) is 26.2. The summed E-state index contributed by atoms with van der Waals surface area (Å²) in [6.45, 7) is 14.0. The number of pyridine rings is 1. The van der Waals surface area contributed by atoms with E-state index in [9.17, 15) is 12.2 Å². The van der Waals surface area contributed by atoms with E-state index in [-0.39, 0.29) is 42.2 Å². The molecule has 8 rings (SSSR count). The summed E-state index contributed by atoms with van der Waals surface area (Å²) in [6, 6.07) is 5.60. The monoisotopic (exact) mass is 771 g/mol. The second-order valence-electron chi connectivity index (χ2n) is 17.4. The zero-order chi connectivity index (χ0) is 40.8. The van der Waals surface area contributed by atoms with Crippen molar-refractivity contribution in [1.29, 1.82) is 0 Å². The molecule has 1 saturated carbocycles. The Bertz CT molecular complexity index is 2280. The average molecular weight is 772 g/mol. The highest BCUT2D eigenvalue weighted by molar-refractivity contribution is 6.90. The van der Waals surface area contributed by atoms with E-state index >= 15 is 8.78 Å². The van der Waals surface area contributed by atoms with Crippen LogP contribution in [0.2, 0.25) is 16.6 Å². The van der Waals surface area contributed by atoms with Crippen molar-refractivity contribution in [3.8, 4) is 34.5 Å². The van der Waals surface area contributed by atoms with Crippen LogP contribution in [0.5, 0.6) is 11.8 Å². The van der Waals surface area contributed by atoms with Gasteiger partial charge in [-0.3, -0.25) is 9.88 Å². The number of benzene rings is 2. The van der Waals surface area contributed by atoms with Crippen LogP contribution in [-0.2, 0) is 0 Å². The van der Waals surface area contributed by atoms with Crippen LogP contribution in [0.1, 0.15) is 93.9 Å². The van der Waals surface area contributed by atoms with Crippen molar-refractivity contribution in [2.75, 3.05) is 31.1 Å². The smallest absolute Gasteiger partial charge is 0.319 e. The molecule has 4 fully saturated rings. The minimum atomic E-state index is -2.34. The van der Waals surface area contributed by atoms with E-state index in [0.29, 0.717) is 80.4 Å². The van der Waals surface area contributed by atoms with Crippen LogP contribution in [0.25, 0.3) is 32.9 Å². The molecule has 0 spiro atoms. The number of aromatic nitrogens is 3. The summed E-state index contributed by atoms with van der Waals surface area (Å²) in [5.74, 6) is 3.15. The number of aryl methyl sites for hydroxylation is 1. The van der Waals surface area contributed by atoms with Gasteiger partial charge >= 0.3 is 6.01 Å². The maximum absolute atomic E-state index is 16.2. The Hall–Kier alpha value is -3.88. The van der Waals surface area contributed by atoms with E-state index in [1.165, 1.54) is 6.07 Å². The molecule has 0 amide bonds. The first-order chi connectivity index (χ1) is 27.0. The fraction of sp³-hybridized carbons (Fsp3) is 0.568. The molecule has 2 aromatic carbocycles. The molecule has 4 aliphatic rings. The standard InChI is InChI=1S/C44H54F3N5O2Si/c1-25(2)55(26(3)4,27(5)6)18-14-32-36(46)13-12-29-19-31(53)20-34(37(29)32)39-28(7)40-35(22-48-39)42(52-17-9-8-11-33-38(47)41(33)52)50-43(49-40)54-24-44-15-10-16-51(44)23-30(45)21-44/h12-13,19-20,22,25-27,30,33,38,41,53H,8-11,15-17,21,23-24H2,1-7H3/t30-,33+,38+,41+,44+/m1/s1/i24D2. The molecule has 0 bridgehead atoms. The number of halogens is 3. The van der Waals surface area contributed by atoms with Crippen molar-refractivity contribution < 1.29 is 25.8 Å². The molecule has 1 aliphatic carbocycles. The highest BCUT2D eigenvalue weighted by atomic mass is 28.3. The van der Waals surface area contributed by atoms with Crippen LogP contribution in [0, 0.1) is 30.1 Å². The largest absolute Gasteiger partial charge is 0.508 e. The van der Waals surface area contributed by atoms with E-state index in [1.807, 2.05) is 16.7 Å². The number of fused-ring (bicyclic) bond motifs is 4. The highest BCUT2D eigenvalue weighted by Crippen LogP contribution is 2.49. The van der Waals surface area contributed by atoms with Crippen molar-refractivity contribution in [3.05, 3.63) is 47.4 Å². The predicted molar refractivity (Wildman–Crippen MR) is 216 cm³/mol. The Labute approximate surface area is 326 Å². The topological polar surface area (TPSA) is 74.6 Å². The molecule has 0 unspecified atom stereocenters. The number of rotatable bonds is 8. The van der Waals surface area contributed by atoms with E-state index in [1.54, 1.807) is 24.4 Å². The van der Waals surface area contributed by atoms with Gasteiger partial charge in [0.05, 0.1) is 36.5 Å². The third kappa shape index (κ3) is 6.36. The molecule has 7 nitrogen and oxygen atoms in total. The first-order valence-corrected chi connectivity index (χ1v) is 22.4. The van der Waals surface area contributed by atoms with Gasteiger partial charge in [-0.25, -0.2) is 13.2 Å². The number of hydrogen-bond acceptors (Lipinski definition) is 7. The Morgan fingerprint density at radius 3 is 2.56 bits per heavy atom. The molecule has 3 aliphatic heterocycles. The van der Waals surface area contributed by atoms with Crippen LogP contribution < -0.4 is 9.64 Å². The Balaban J connectivity index is 1.33. The van der Waals surface area contributed by atoms with Crippen molar-refractivity contribution >= 4 is 35.6 Å². The Kier molecular flexibility index (Phi) is 9.20. The van der Waals surface area contributed by atoms with Crippen molar-refractivity contribution in [3.63, 3.8) is 0 Å². The molecule has 5 atom stereocenters. The number of phenols is 1. The molecule has 0 radical (unpaired) electrons. The minimum absolute atomic E-state index is 0.00835. The van der Waals surface area contributed by atoms with Gasteiger partial charge in [0.1, 0.15) is 44.4 Å². The summed E-state index contributed by atoms with van der Waals surface area (Å²) in [5.41, 5.74) is 5.63. The minimum Gasteiger partial charge on any atom is -0.508 e. The van der Waals surface area contributed by atoms with Gasteiger partial charge in [0.25, 0.3) is 0 Å². The van der Waals surface area contributed by atoms with Gasteiger partial charge in [0, 0.05) is 48.1 Å². The van der Waals surface area contributed by atoms with Crippen molar-refractivity contribution in [1.82, 2.24) is 19.9 Å². The number of aromatic hydroxyl groups is 1. The van der Waals surface area contributed by atoms with Gasteiger partial charge in [-0.15, -0.1) is 5.54 Å². The summed E-state index contributed by atoms with van der Waals surface area (Å²) in [4.78, 5) is 18.4. The first kappa shape index (κ1) is 35.5. The zero-order valence-corrected chi connectivity index (χ0v) is 34.0. The van der Waals surface area contributed by atoms with Gasteiger partial charge in [-0.2, -0.15) is 9.97 Å². The van der Waals surface area contributed by atoms with E-state index in [2.05, 4.69) is 53.0 Å². The second kappa shape index (κ2) is 14.2. The lowest BCUT2D eigenvalue weighted by atomic mass is 9.94. The predicted octanol–water partition coefficient (Wildman–Crippen LogP) is 9.85. The fourth-order valence-electron chi connectivity index (χ4n) is 10.6. The fourth-order valence-corrected chi connectivity index (χ4v) is 15.8. The Morgan fingerprint density at radius 1 is 1.05 bits per heavy atom. The Morgan fingerprint density at radius 2 is 1.82 bits per heavy atom. The number of hydrogen-bond donors (Lipinski definition) is 1. The molecule has 5 heterocycles. The lowest BCUT2D eigenvalue weighted by molar-refractivity contribution is 0.107. The third-order valence-corrected chi connectivity index (χ3v) is 19.6. The molecule has 4 aromatic rings. The van der Waals surface area contributed by atoms with Gasteiger partial charge in [0.15, 0.2) is 0 Å². The van der Waals surface area contributed by atoms with E-state index in [4.69, 9.17) is 19.7 Å². The number of phenolic OH excluding ortho intramolecular Hbond substituents is 1. The summed E-state index contributed by atoms with van der Waals surface area (Å²) in [7, 11) is -2.27. The quantitative estimate of drug-likeness (QED) is 0.141. The molecular weight excluding hydrogens is 716 g/mol. The van der Waals surface area contributed by atoms with Gasteiger partial charge < -0.3 is 14.7 Å². The van der Waals surface area contributed by atoms with Gasteiger partial charge in [0.2, 0.25) is 0 Å². The highest BCUT2D eigenvalue weighted by Gasteiger charge is 2.56. The van der Waals surface area contributed by atoms with Gasteiger partial charge in [-0.05, 0) is 79.4 Å². The van der Waals surface area contributed by atoms with Crippen LogP contribution in [0.3, 0.4) is 0 Å². The third-order valence-electron chi connectivity index (χ3n) is 13.3. The molecule has 1 N–H and O–H groups in total. The summed E-state index contributed by atoms with van der Waals surface area (Å²) < 4.78 is 71.1. The summed E-state index contributed by atoms with van der Waals surface area (Å²) in [5, 5.41) is 12.7. The molecule has 11 heteroatoms. The van der Waals surface area contributed by atoms with Crippen LogP contribution in [0.4, 0.5) is 19.0 Å². The van der Waals surface area contributed by atoms with E-state index < -0.39 is 38.3 Å². The molecule has 292 valence electrons. The van der Waals surface area contributed by atoms with Gasteiger partial charge in [-0.1, -0.05) is 60.0 Å². The number of ether oxygens (including phenoxy) is 1. The zero-order valence-electron chi connectivity index (χ0n) is 35.0. The lowest BCUT2D eigenvalue weighted by Gasteiger charge is -2.38. The van der Waals surface area contributed by atoms with Crippen molar-refractivity contribution in [2.24, 2.45) is 5.92 Å².